The summed E-state index contributed by atoms with van der Waals surface area (Å²) in [6.45, 7) is 10.5. The maximum Gasteiger partial charge on any atom is 0.333 e. The number of aliphatic imine (C=N–C) groups is 1. The molecule has 8 nitrogen and oxygen atoms in total. The highest BCUT2D eigenvalue weighted by atomic mass is 35.5. The molecular weight excluding hydrogens is 442 g/mol. The molecule has 176 valence electrons. The average molecular weight is 476 g/mol. The Balaban J connectivity index is 0.00000341. The van der Waals surface area contributed by atoms with E-state index < -0.39 is 41.0 Å². The molecule has 0 unspecified atom stereocenters. The van der Waals surface area contributed by atoms with E-state index in [1.54, 1.807) is 37.4 Å². The SMILES string of the molecule is CC(C)(C)C(=O)OCOC(=O)[C@@H]1N2C(=O)[C@@H](N=CN3CCCCCC3)[C@H]2SC1(C)C.Cl. The number of rotatable bonds is 5. The van der Waals surface area contributed by atoms with E-state index >= 15 is 0 Å². The number of likely N-dealkylation sites (tertiary alicyclic amines) is 1. The molecule has 3 atom stereocenters. The van der Waals surface area contributed by atoms with Gasteiger partial charge in [0.05, 0.1) is 11.8 Å². The van der Waals surface area contributed by atoms with E-state index in [4.69, 9.17) is 9.47 Å². The van der Waals surface area contributed by atoms with Gasteiger partial charge in [-0.3, -0.25) is 14.6 Å². The predicted octanol–water partition coefficient (Wildman–Crippen LogP) is 2.83. The minimum Gasteiger partial charge on any atom is -0.427 e. The molecule has 0 aromatic rings. The Morgan fingerprint density at radius 1 is 1.16 bits per heavy atom. The number of halogens is 1. The number of ether oxygens (including phenoxy) is 2. The van der Waals surface area contributed by atoms with Crippen LogP contribution in [0.2, 0.25) is 0 Å². The summed E-state index contributed by atoms with van der Waals surface area (Å²) in [4.78, 5) is 45.7. The summed E-state index contributed by atoms with van der Waals surface area (Å²) in [7, 11) is 0. The number of β-lactam (4-membered cyclic amide) rings is 1. The maximum absolute atomic E-state index is 12.8. The van der Waals surface area contributed by atoms with Crippen LogP contribution in [0, 0.1) is 5.41 Å². The molecule has 0 spiro atoms. The van der Waals surface area contributed by atoms with E-state index in [-0.39, 0.29) is 23.7 Å². The van der Waals surface area contributed by atoms with Gasteiger partial charge >= 0.3 is 11.9 Å². The number of esters is 2. The summed E-state index contributed by atoms with van der Waals surface area (Å²) < 4.78 is 9.71. The molecule has 31 heavy (non-hydrogen) atoms. The van der Waals surface area contributed by atoms with Gasteiger partial charge in [0.15, 0.2) is 6.04 Å². The molecule has 0 N–H and O–H groups in total. The summed E-state index contributed by atoms with van der Waals surface area (Å²) in [5.41, 5.74) is -0.675. The van der Waals surface area contributed by atoms with Gasteiger partial charge in [0.25, 0.3) is 5.91 Å². The molecule has 0 aliphatic carbocycles. The first kappa shape index (κ1) is 25.8. The standard InChI is InChI=1S/C21H33N3O5S.ClH/c1-20(2,3)19(27)29-13-28-18(26)15-21(4,5)30-17-14(16(25)24(15)17)22-12-23-10-8-6-7-9-11-23;/h12,14-15,17H,6-11,13H2,1-5H3;1H/t14-,15+,17-;/m1./s1. The summed E-state index contributed by atoms with van der Waals surface area (Å²) in [5, 5.41) is -0.176. The topological polar surface area (TPSA) is 88.5 Å². The van der Waals surface area contributed by atoms with Crippen molar-refractivity contribution in [2.75, 3.05) is 19.9 Å². The lowest BCUT2D eigenvalue weighted by atomic mass is 9.96. The molecule has 3 heterocycles. The van der Waals surface area contributed by atoms with Gasteiger partial charge in [-0.15, -0.1) is 24.2 Å². The first-order chi connectivity index (χ1) is 14.0. The normalized spacial score (nSPS) is 27.8. The van der Waals surface area contributed by atoms with Gasteiger partial charge in [0.1, 0.15) is 11.4 Å². The molecule has 3 aliphatic rings. The minimum absolute atomic E-state index is 0. The number of amides is 1. The summed E-state index contributed by atoms with van der Waals surface area (Å²) in [6, 6.07) is -1.19. The van der Waals surface area contributed by atoms with Crippen LogP contribution < -0.4 is 0 Å². The number of nitrogens with zero attached hydrogens (tertiary/aromatic N) is 3. The number of hydrogen-bond donors (Lipinski definition) is 0. The van der Waals surface area contributed by atoms with E-state index in [1.165, 1.54) is 12.8 Å². The van der Waals surface area contributed by atoms with Crippen LogP contribution in [-0.2, 0) is 23.9 Å². The monoisotopic (exact) mass is 475 g/mol. The van der Waals surface area contributed by atoms with Crippen LogP contribution in [-0.4, -0.2) is 76.1 Å². The van der Waals surface area contributed by atoms with Gasteiger partial charge in [-0.25, -0.2) is 4.79 Å². The zero-order chi connectivity index (χ0) is 22.1. The molecule has 0 saturated carbocycles. The van der Waals surface area contributed by atoms with Crippen LogP contribution in [0.3, 0.4) is 0 Å². The molecule has 3 fully saturated rings. The van der Waals surface area contributed by atoms with Crippen LogP contribution in [0.15, 0.2) is 4.99 Å². The summed E-state index contributed by atoms with van der Waals surface area (Å²) >= 11 is 1.56. The van der Waals surface area contributed by atoms with Crippen molar-refractivity contribution in [3.8, 4) is 0 Å². The van der Waals surface area contributed by atoms with E-state index in [2.05, 4.69) is 9.89 Å². The van der Waals surface area contributed by atoms with Crippen molar-refractivity contribution in [2.24, 2.45) is 10.4 Å². The lowest BCUT2D eigenvalue weighted by Crippen LogP contribution is -2.65. The summed E-state index contributed by atoms with van der Waals surface area (Å²) in [6.07, 6.45) is 6.59. The van der Waals surface area contributed by atoms with Crippen LogP contribution in [0.1, 0.15) is 60.3 Å². The van der Waals surface area contributed by atoms with Crippen molar-refractivity contribution < 1.29 is 23.9 Å². The van der Waals surface area contributed by atoms with Crippen LogP contribution in [0.4, 0.5) is 0 Å². The van der Waals surface area contributed by atoms with E-state index in [1.807, 2.05) is 20.2 Å². The number of carbonyl (C=O) groups is 3. The van der Waals surface area contributed by atoms with Crippen molar-refractivity contribution >= 4 is 48.4 Å². The second-order valence-electron chi connectivity index (χ2n) is 9.68. The lowest BCUT2D eigenvalue weighted by Gasteiger charge is -2.41. The predicted molar refractivity (Wildman–Crippen MR) is 122 cm³/mol. The summed E-state index contributed by atoms with van der Waals surface area (Å²) in [5.74, 6) is -1.16. The Bertz CT molecular complexity index is 716. The van der Waals surface area contributed by atoms with Crippen LogP contribution in [0.25, 0.3) is 0 Å². The van der Waals surface area contributed by atoms with Gasteiger partial charge in [-0.05, 0) is 47.5 Å². The van der Waals surface area contributed by atoms with Gasteiger partial charge in [-0.1, -0.05) is 12.8 Å². The molecule has 3 rings (SSSR count). The fraction of sp³-hybridized carbons (Fsp3) is 0.810. The molecule has 3 saturated heterocycles. The number of fused-ring (bicyclic) bond motifs is 1. The molecule has 3 aliphatic heterocycles. The Kier molecular flexibility index (Phi) is 8.30. The molecule has 0 bridgehead atoms. The quantitative estimate of drug-likeness (QED) is 0.198. The Labute approximate surface area is 194 Å². The largest absolute Gasteiger partial charge is 0.427 e. The molecular formula is C21H34ClN3O5S. The van der Waals surface area contributed by atoms with Crippen LogP contribution >= 0.6 is 24.2 Å². The zero-order valence-corrected chi connectivity index (χ0v) is 20.6. The van der Waals surface area contributed by atoms with Gasteiger partial charge < -0.3 is 19.3 Å². The third kappa shape index (κ3) is 5.66. The Hall–Kier alpha value is -1.48. The number of hydrogen-bond acceptors (Lipinski definition) is 7. The van der Waals surface area contributed by atoms with E-state index in [0.29, 0.717) is 0 Å². The van der Waals surface area contributed by atoms with Crippen molar-refractivity contribution in [3.05, 3.63) is 0 Å². The maximum atomic E-state index is 12.8. The van der Waals surface area contributed by atoms with Gasteiger partial charge in [0.2, 0.25) is 6.79 Å². The highest BCUT2D eigenvalue weighted by Gasteiger charge is 2.64. The van der Waals surface area contributed by atoms with E-state index in [9.17, 15) is 14.4 Å². The third-order valence-electron chi connectivity index (χ3n) is 5.67. The molecule has 0 aromatic heterocycles. The van der Waals surface area contributed by atoms with Crippen molar-refractivity contribution in [2.45, 2.75) is 82.5 Å². The zero-order valence-electron chi connectivity index (χ0n) is 19.0. The van der Waals surface area contributed by atoms with Crippen molar-refractivity contribution in [3.63, 3.8) is 0 Å². The van der Waals surface area contributed by atoms with Crippen molar-refractivity contribution in [1.29, 1.82) is 0 Å². The third-order valence-corrected chi connectivity index (χ3v) is 7.23. The van der Waals surface area contributed by atoms with Crippen molar-refractivity contribution in [1.82, 2.24) is 9.80 Å². The first-order valence-electron chi connectivity index (χ1n) is 10.6. The molecule has 10 heteroatoms. The molecule has 0 aromatic carbocycles. The van der Waals surface area contributed by atoms with E-state index in [0.717, 1.165) is 25.9 Å². The Morgan fingerprint density at radius 2 is 1.77 bits per heavy atom. The highest BCUT2D eigenvalue weighted by molar-refractivity contribution is 8.01. The molecule has 1 amide bonds. The lowest BCUT2D eigenvalue weighted by molar-refractivity contribution is -0.179. The molecule has 0 radical (unpaired) electrons. The van der Waals surface area contributed by atoms with Gasteiger partial charge in [0, 0.05) is 17.8 Å². The second kappa shape index (κ2) is 9.98. The number of thioether (sulfide) groups is 1. The smallest absolute Gasteiger partial charge is 0.333 e. The first-order valence-corrected chi connectivity index (χ1v) is 11.5. The fourth-order valence-corrected chi connectivity index (χ4v) is 5.54. The highest BCUT2D eigenvalue weighted by Crippen LogP contribution is 2.51. The Morgan fingerprint density at radius 3 is 2.35 bits per heavy atom. The fourth-order valence-electron chi connectivity index (χ4n) is 3.92. The van der Waals surface area contributed by atoms with Gasteiger partial charge in [-0.2, -0.15) is 0 Å². The average Bonchev–Trinajstić information content (AvgIpc) is 2.80. The minimum atomic E-state index is -0.724. The second-order valence-corrected chi connectivity index (χ2v) is 11.5. The number of carbonyl (C=O) groups excluding carboxylic acids is 3. The van der Waals surface area contributed by atoms with Crippen LogP contribution in [0.5, 0.6) is 0 Å².